The van der Waals surface area contributed by atoms with E-state index in [2.05, 4.69) is 10.2 Å². The van der Waals surface area contributed by atoms with Crippen molar-refractivity contribution in [1.29, 1.82) is 0 Å². The van der Waals surface area contributed by atoms with Crippen molar-refractivity contribution in [2.45, 2.75) is 32.2 Å². The van der Waals surface area contributed by atoms with Gasteiger partial charge in [-0.3, -0.25) is 14.9 Å². The summed E-state index contributed by atoms with van der Waals surface area (Å²) in [5, 5.41) is 11.9. The molecule has 0 radical (unpaired) electrons. The summed E-state index contributed by atoms with van der Waals surface area (Å²) in [4.78, 5) is 24.1. The average Bonchev–Trinajstić information content (AvgIpc) is 3.27. The fraction of sp³-hybridized carbons (Fsp3) is 0.600. The van der Waals surface area contributed by atoms with E-state index < -0.39 is 5.91 Å². The van der Waals surface area contributed by atoms with Crippen molar-refractivity contribution < 1.29 is 19.5 Å². The number of nitrogens with one attached hydrogen (secondary N) is 2. The molecule has 27 heavy (non-hydrogen) atoms. The van der Waals surface area contributed by atoms with Crippen LogP contribution in [0.15, 0.2) is 18.2 Å². The summed E-state index contributed by atoms with van der Waals surface area (Å²) in [6.45, 7) is 4.46. The van der Waals surface area contributed by atoms with Crippen molar-refractivity contribution >= 4 is 12.2 Å². The van der Waals surface area contributed by atoms with Crippen molar-refractivity contribution in [2.75, 3.05) is 33.3 Å². The molecule has 0 aromatic heterocycles. The number of ether oxygens (including phenoxy) is 1. The molecule has 1 saturated heterocycles. The molecule has 3 aliphatic rings. The minimum atomic E-state index is -0.524. The van der Waals surface area contributed by atoms with Crippen LogP contribution in [0.5, 0.6) is 5.75 Å². The molecule has 3 N–H and O–H groups in total. The summed E-state index contributed by atoms with van der Waals surface area (Å²) in [7, 11) is 2.02. The number of amides is 1. The first kappa shape index (κ1) is 19.8. The molecule has 1 amide bonds. The maximum Gasteiger partial charge on any atom is 0.274 e. The molecular weight excluding hydrogens is 346 g/mol. The molecule has 2 fully saturated rings. The topological polar surface area (TPSA) is 90.9 Å². The Morgan fingerprint density at radius 2 is 2.30 bits per heavy atom. The van der Waals surface area contributed by atoms with E-state index in [1.807, 2.05) is 13.1 Å². The lowest BCUT2D eigenvalue weighted by atomic mass is 9.78. The van der Waals surface area contributed by atoms with Gasteiger partial charge in [0.05, 0.1) is 0 Å². The molecule has 7 heteroatoms. The van der Waals surface area contributed by atoms with Gasteiger partial charge >= 0.3 is 0 Å². The zero-order chi connectivity index (χ0) is 19.3. The van der Waals surface area contributed by atoms with Crippen molar-refractivity contribution in [1.82, 2.24) is 15.7 Å². The van der Waals surface area contributed by atoms with E-state index in [-0.39, 0.29) is 0 Å². The molecule has 1 saturated carbocycles. The number of fused-ring (bicyclic) bond motifs is 1. The summed E-state index contributed by atoms with van der Waals surface area (Å²) in [6, 6.07) is 5.18. The number of carbonyl (C=O) groups is 2. The number of carbonyl (C=O) groups excluding carboxylic acids is 2. The number of hydrogen-bond donors (Lipinski definition) is 3. The summed E-state index contributed by atoms with van der Waals surface area (Å²) < 4.78 is 5.55. The number of likely N-dealkylation sites (N-methyl/N-ethyl adjacent to an activating group) is 1. The van der Waals surface area contributed by atoms with Crippen LogP contribution in [-0.2, 0) is 11.3 Å². The quantitative estimate of drug-likeness (QED) is 0.413. The third-order valence-electron chi connectivity index (χ3n) is 6.02. The fourth-order valence-electron chi connectivity index (χ4n) is 4.38. The Labute approximate surface area is 160 Å². The number of nitrogens with zero attached hydrogens (tertiary/aromatic N) is 1. The van der Waals surface area contributed by atoms with Gasteiger partial charge in [0.1, 0.15) is 18.6 Å². The predicted molar refractivity (Wildman–Crippen MR) is 101 cm³/mol. The van der Waals surface area contributed by atoms with Crippen LogP contribution in [0.25, 0.3) is 0 Å². The highest BCUT2D eigenvalue weighted by Crippen LogP contribution is 2.46. The molecule has 2 unspecified atom stereocenters. The van der Waals surface area contributed by atoms with E-state index in [9.17, 15) is 9.59 Å². The third-order valence-corrected chi connectivity index (χ3v) is 6.02. The highest BCUT2D eigenvalue weighted by molar-refractivity contribution is 5.93. The van der Waals surface area contributed by atoms with Crippen molar-refractivity contribution in [2.24, 2.45) is 11.3 Å². The van der Waals surface area contributed by atoms with Gasteiger partial charge in [0.25, 0.3) is 5.91 Å². The van der Waals surface area contributed by atoms with E-state index in [0.717, 1.165) is 38.2 Å². The van der Waals surface area contributed by atoms with Gasteiger partial charge in [0, 0.05) is 36.7 Å². The van der Waals surface area contributed by atoms with Crippen LogP contribution in [0.2, 0.25) is 0 Å². The first-order valence-corrected chi connectivity index (χ1v) is 9.63. The lowest BCUT2D eigenvalue weighted by Gasteiger charge is -2.25. The Morgan fingerprint density at radius 3 is 3.00 bits per heavy atom. The lowest BCUT2D eigenvalue weighted by molar-refractivity contribution is -0.113. The Morgan fingerprint density at radius 1 is 1.44 bits per heavy atom. The van der Waals surface area contributed by atoms with Gasteiger partial charge in [-0.1, -0.05) is 12.5 Å². The third kappa shape index (κ3) is 4.48. The molecule has 7 nitrogen and oxygen atoms in total. The van der Waals surface area contributed by atoms with Crippen molar-refractivity contribution in [3.8, 4) is 5.75 Å². The van der Waals surface area contributed by atoms with Crippen LogP contribution in [0.4, 0.5) is 0 Å². The molecule has 1 aromatic rings. The number of aldehydes is 1. The van der Waals surface area contributed by atoms with Crippen LogP contribution in [0, 0.1) is 11.3 Å². The van der Waals surface area contributed by atoms with E-state index in [0.29, 0.717) is 29.3 Å². The number of hydrogen-bond acceptors (Lipinski definition) is 6. The molecule has 2 atom stereocenters. The summed E-state index contributed by atoms with van der Waals surface area (Å²) >= 11 is 0. The van der Waals surface area contributed by atoms with Crippen LogP contribution >= 0.6 is 0 Å². The smallest absolute Gasteiger partial charge is 0.274 e. The van der Waals surface area contributed by atoms with E-state index in [1.165, 1.54) is 25.5 Å². The molecule has 1 spiro atoms. The van der Waals surface area contributed by atoms with Gasteiger partial charge in [-0.25, -0.2) is 5.48 Å². The molecule has 2 aliphatic heterocycles. The molecule has 1 aliphatic carbocycles. The standard InChI is InChI=1S/C11H14N2O3.C9H15NO/c1-13-4-5-16-10-6-8(11(14)12-15)2-3-9(10)7-13;11-6-8-2-1-3-9(8)4-5-10-7-9/h2-3,6,15H,4-5,7H2,1H3,(H,12,14);6,8,10H,1-5,7H2. The second-order valence-corrected chi connectivity index (χ2v) is 7.77. The molecule has 2 heterocycles. The van der Waals surface area contributed by atoms with Crippen molar-refractivity contribution in [3.63, 3.8) is 0 Å². The van der Waals surface area contributed by atoms with Gasteiger partial charge in [0.15, 0.2) is 0 Å². The largest absolute Gasteiger partial charge is 0.492 e. The Hall–Kier alpha value is -1.96. The minimum absolute atomic E-state index is 0.359. The minimum Gasteiger partial charge on any atom is -0.492 e. The van der Waals surface area contributed by atoms with Crippen LogP contribution in [0.1, 0.15) is 41.6 Å². The fourth-order valence-corrected chi connectivity index (χ4v) is 4.38. The Kier molecular flexibility index (Phi) is 6.46. The summed E-state index contributed by atoms with van der Waals surface area (Å²) in [5.74, 6) is 0.548. The van der Waals surface area contributed by atoms with Crippen LogP contribution in [-0.4, -0.2) is 55.6 Å². The van der Waals surface area contributed by atoms with Crippen LogP contribution in [0.3, 0.4) is 0 Å². The van der Waals surface area contributed by atoms with Gasteiger partial charge < -0.3 is 14.8 Å². The van der Waals surface area contributed by atoms with Gasteiger partial charge in [-0.2, -0.15) is 0 Å². The summed E-state index contributed by atoms with van der Waals surface area (Å²) in [5.41, 5.74) is 3.43. The van der Waals surface area contributed by atoms with E-state index in [1.54, 1.807) is 17.6 Å². The van der Waals surface area contributed by atoms with Gasteiger partial charge in [-0.05, 0) is 50.4 Å². The highest BCUT2D eigenvalue weighted by atomic mass is 16.5. The molecular formula is C20H29N3O4. The Balaban J connectivity index is 0.000000166. The number of rotatable bonds is 2. The molecule has 148 valence electrons. The van der Waals surface area contributed by atoms with E-state index in [4.69, 9.17) is 9.94 Å². The molecule has 1 aromatic carbocycles. The predicted octanol–water partition coefficient (Wildman–Crippen LogP) is 1.59. The molecule has 4 rings (SSSR count). The highest BCUT2D eigenvalue weighted by Gasteiger charge is 2.44. The first-order chi connectivity index (χ1) is 13.1. The number of benzene rings is 1. The van der Waals surface area contributed by atoms with Crippen LogP contribution < -0.4 is 15.5 Å². The SMILES string of the molecule is CN1CCOc2cc(C(=O)NO)ccc2C1.O=CC1CCCC12CCNC2. The Bertz CT molecular complexity index is 668. The second-order valence-electron chi connectivity index (χ2n) is 7.77. The maximum atomic E-state index is 11.2. The summed E-state index contributed by atoms with van der Waals surface area (Å²) in [6.07, 6.45) is 6.05. The zero-order valence-corrected chi connectivity index (χ0v) is 15.9. The normalized spacial score (nSPS) is 27.1. The monoisotopic (exact) mass is 375 g/mol. The zero-order valence-electron chi connectivity index (χ0n) is 15.9. The maximum absolute atomic E-state index is 11.2. The lowest BCUT2D eigenvalue weighted by Crippen LogP contribution is -2.28. The van der Waals surface area contributed by atoms with Gasteiger partial charge in [-0.15, -0.1) is 0 Å². The first-order valence-electron chi connectivity index (χ1n) is 9.63. The average molecular weight is 375 g/mol. The second kappa shape index (κ2) is 8.82. The number of hydroxylamine groups is 1. The van der Waals surface area contributed by atoms with Crippen molar-refractivity contribution in [3.05, 3.63) is 29.3 Å². The molecule has 0 bridgehead atoms. The van der Waals surface area contributed by atoms with Gasteiger partial charge in [0.2, 0.25) is 0 Å². The van der Waals surface area contributed by atoms with E-state index >= 15 is 0 Å².